The number of benzene rings is 1. The van der Waals surface area contributed by atoms with Crippen LogP contribution in [0, 0.1) is 6.92 Å². The van der Waals surface area contributed by atoms with Gasteiger partial charge in [-0.15, -0.1) is 20.4 Å². The first-order chi connectivity index (χ1) is 12.9. The fourth-order valence-corrected chi connectivity index (χ4v) is 5.69. The second-order valence-corrected chi connectivity index (χ2v) is 10.4. The lowest BCUT2D eigenvalue weighted by Crippen LogP contribution is -2.12. The Morgan fingerprint density at radius 1 is 1.15 bits per heavy atom. The molecule has 0 saturated carbocycles. The predicted octanol–water partition coefficient (Wildman–Crippen LogP) is 2.86. The maximum atomic E-state index is 12.4. The van der Waals surface area contributed by atoms with Gasteiger partial charge in [0.15, 0.2) is 4.34 Å². The van der Waals surface area contributed by atoms with E-state index in [1.165, 1.54) is 11.8 Å². The molecule has 9 nitrogen and oxygen atoms in total. The van der Waals surface area contributed by atoms with Crippen molar-refractivity contribution in [3.8, 4) is 0 Å². The van der Waals surface area contributed by atoms with Gasteiger partial charge in [-0.1, -0.05) is 59.1 Å². The zero-order valence-corrected chi connectivity index (χ0v) is 17.4. The standard InChI is InChI=1S/C14H14N6O3S4/c1-3-24-13-18-17-12(25-13)20-27(22,23)14-19-16-11(26-14)15-10(21)9-6-4-5-8(2)7-9/h4-7H,3H2,1-2H3,(H,17,20)(H,15,16,21). The Labute approximate surface area is 167 Å². The number of nitrogens with one attached hydrogen (secondary N) is 2. The van der Waals surface area contributed by atoms with E-state index in [1.807, 2.05) is 19.9 Å². The molecule has 3 rings (SSSR count). The SMILES string of the molecule is CCSc1nnc(NS(=O)(=O)c2nnc(NC(=O)c3cccc(C)c3)s2)s1. The molecule has 2 aromatic heterocycles. The molecule has 13 heteroatoms. The fraction of sp³-hybridized carbons (Fsp3) is 0.214. The van der Waals surface area contributed by atoms with Crippen LogP contribution in [0.5, 0.6) is 0 Å². The summed E-state index contributed by atoms with van der Waals surface area (Å²) in [6.07, 6.45) is 0. The van der Waals surface area contributed by atoms with Gasteiger partial charge in [0, 0.05) is 5.56 Å². The van der Waals surface area contributed by atoms with E-state index in [9.17, 15) is 13.2 Å². The lowest BCUT2D eigenvalue weighted by molar-refractivity contribution is 0.102. The molecular formula is C14H14N6O3S4. The topological polar surface area (TPSA) is 127 Å². The summed E-state index contributed by atoms with van der Waals surface area (Å²) in [5.41, 5.74) is 1.38. The summed E-state index contributed by atoms with van der Waals surface area (Å²) in [4.78, 5) is 12.2. The van der Waals surface area contributed by atoms with E-state index < -0.39 is 15.9 Å². The second kappa shape index (κ2) is 8.29. The fourth-order valence-electron chi connectivity index (χ4n) is 1.92. The van der Waals surface area contributed by atoms with E-state index in [0.29, 0.717) is 9.90 Å². The van der Waals surface area contributed by atoms with Gasteiger partial charge in [0.25, 0.3) is 20.3 Å². The third-order valence-electron chi connectivity index (χ3n) is 3.03. The van der Waals surface area contributed by atoms with Crippen LogP contribution in [0.1, 0.15) is 22.8 Å². The molecule has 0 bridgehead atoms. The molecule has 0 spiro atoms. The summed E-state index contributed by atoms with van der Waals surface area (Å²) >= 11 is 3.35. The minimum Gasteiger partial charge on any atom is -0.296 e. The van der Waals surface area contributed by atoms with E-state index in [-0.39, 0.29) is 14.6 Å². The van der Waals surface area contributed by atoms with Gasteiger partial charge in [0.05, 0.1) is 0 Å². The number of hydrogen-bond acceptors (Lipinski definition) is 10. The van der Waals surface area contributed by atoms with Crippen LogP contribution in [-0.2, 0) is 10.0 Å². The van der Waals surface area contributed by atoms with Crippen molar-refractivity contribution in [2.45, 2.75) is 22.5 Å². The average Bonchev–Trinajstić information content (AvgIpc) is 3.25. The third-order valence-corrected chi connectivity index (χ3v) is 7.56. The molecule has 0 aliphatic carbocycles. The number of aromatic nitrogens is 4. The summed E-state index contributed by atoms with van der Waals surface area (Å²) in [7, 11) is -3.96. The molecule has 2 N–H and O–H groups in total. The number of anilines is 2. The smallest absolute Gasteiger partial charge is 0.293 e. The molecule has 1 amide bonds. The third kappa shape index (κ3) is 5.00. The van der Waals surface area contributed by atoms with Crippen molar-refractivity contribution >= 4 is 60.6 Å². The van der Waals surface area contributed by atoms with E-state index in [0.717, 1.165) is 34.0 Å². The van der Waals surface area contributed by atoms with Crippen molar-refractivity contribution < 1.29 is 13.2 Å². The number of carbonyl (C=O) groups is 1. The Morgan fingerprint density at radius 2 is 1.93 bits per heavy atom. The molecule has 3 aromatic rings. The number of sulfonamides is 1. The van der Waals surface area contributed by atoms with Crippen LogP contribution in [-0.4, -0.2) is 40.5 Å². The first kappa shape index (κ1) is 19.7. The molecule has 1 aromatic carbocycles. The number of hydrogen-bond donors (Lipinski definition) is 2. The lowest BCUT2D eigenvalue weighted by atomic mass is 10.1. The van der Waals surface area contributed by atoms with Crippen molar-refractivity contribution in [3.05, 3.63) is 35.4 Å². The monoisotopic (exact) mass is 442 g/mol. The van der Waals surface area contributed by atoms with Crippen molar-refractivity contribution in [2.24, 2.45) is 0 Å². The first-order valence-electron chi connectivity index (χ1n) is 7.58. The van der Waals surface area contributed by atoms with Gasteiger partial charge in [0.1, 0.15) is 0 Å². The van der Waals surface area contributed by atoms with E-state index in [2.05, 4.69) is 30.4 Å². The Morgan fingerprint density at radius 3 is 2.67 bits per heavy atom. The predicted molar refractivity (Wildman–Crippen MR) is 106 cm³/mol. The number of thioether (sulfide) groups is 1. The zero-order valence-electron chi connectivity index (χ0n) is 14.2. The molecule has 142 valence electrons. The lowest BCUT2D eigenvalue weighted by Gasteiger charge is -2.02. The van der Waals surface area contributed by atoms with Gasteiger partial charge < -0.3 is 0 Å². The number of rotatable bonds is 7. The van der Waals surface area contributed by atoms with E-state index in [4.69, 9.17) is 0 Å². The molecule has 0 radical (unpaired) electrons. The van der Waals surface area contributed by atoms with Crippen molar-refractivity contribution in [2.75, 3.05) is 15.8 Å². The van der Waals surface area contributed by atoms with Crippen LogP contribution >= 0.6 is 34.4 Å². The van der Waals surface area contributed by atoms with E-state index >= 15 is 0 Å². The highest BCUT2D eigenvalue weighted by atomic mass is 32.2. The van der Waals surface area contributed by atoms with Gasteiger partial charge in [-0.05, 0) is 24.8 Å². The van der Waals surface area contributed by atoms with Crippen LogP contribution in [0.2, 0.25) is 0 Å². The zero-order chi connectivity index (χ0) is 19.4. The summed E-state index contributed by atoms with van der Waals surface area (Å²) in [6.45, 7) is 3.83. The Bertz CT molecular complexity index is 1060. The Hall–Kier alpha value is -2.09. The number of amides is 1. The highest BCUT2D eigenvalue weighted by Gasteiger charge is 2.23. The van der Waals surface area contributed by atoms with Crippen molar-refractivity contribution in [3.63, 3.8) is 0 Å². The van der Waals surface area contributed by atoms with Crippen LogP contribution in [0.3, 0.4) is 0 Å². The summed E-state index contributed by atoms with van der Waals surface area (Å²) in [5, 5.41) is 17.8. The van der Waals surface area contributed by atoms with Crippen LogP contribution in [0.25, 0.3) is 0 Å². The Kier molecular flexibility index (Phi) is 6.04. The largest absolute Gasteiger partial charge is 0.296 e. The highest BCUT2D eigenvalue weighted by molar-refractivity contribution is 8.01. The number of aryl methyl sites for hydroxylation is 1. The second-order valence-electron chi connectivity index (χ2n) is 5.11. The molecule has 0 saturated heterocycles. The summed E-state index contributed by atoms with van der Waals surface area (Å²) in [6, 6.07) is 7.01. The minimum absolute atomic E-state index is 0.0846. The first-order valence-corrected chi connectivity index (χ1v) is 11.7. The van der Waals surface area contributed by atoms with Gasteiger partial charge >= 0.3 is 0 Å². The molecule has 27 heavy (non-hydrogen) atoms. The van der Waals surface area contributed by atoms with Crippen molar-refractivity contribution in [1.29, 1.82) is 0 Å². The molecule has 0 aliphatic heterocycles. The maximum Gasteiger partial charge on any atom is 0.293 e. The quantitative estimate of drug-likeness (QED) is 0.422. The van der Waals surface area contributed by atoms with Crippen molar-refractivity contribution in [1.82, 2.24) is 20.4 Å². The summed E-state index contributed by atoms with van der Waals surface area (Å²) in [5.74, 6) is 0.416. The number of nitrogens with zero attached hydrogens (tertiary/aromatic N) is 4. The van der Waals surface area contributed by atoms with Gasteiger partial charge in [-0.25, -0.2) is 0 Å². The molecule has 2 heterocycles. The van der Waals surface area contributed by atoms with Gasteiger partial charge in [0.2, 0.25) is 10.3 Å². The van der Waals surface area contributed by atoms with Crippen LogP contribution < -0.4 is 10.0 Å². The molecule has 0 unspecified atom stereocenters. The molecule has 0 fully saturated rings. The van der Waals surface area contributed by atoms with Gasteiger partial charge in [-0.3, -0.25) is 14.8 Å². The highest BCUT2D eigenvalue weighted by Crippen LogP contribution is 2.28. The van der Waals surface area contributed by atoms with Gasteiger partial charge in [-0.2, -0.15) is 8.42 Å². The molecular weight excluding hydrogens is 428 g/mol. The van der Waals surface area contributed by atoms with Crippen LogP contribution in [0.4, 0.5) is 10.3 Å². The van der Waals surface area contributed by atoms with Crippen LogP contribution in [0.15, 0.2) is 32.9 Å². The average molecular weight is 443 g/mol. The molecule has 0 atom stereocenters. The number of carbonyl (C=O) groups excluding carboxylic acids is 1. The normalized spacial score (nSPS) is 11.3. The van der Waals surface area contributed by atoms with E-state index in [1.54, 1.807) is 18.2 Å². The Balaban J connectivity index is 1.71. The minimum atomic E-state index is -3.96. The molecule has 0 aliphatic rings. The summed E-state index contributed by atoms with van der Waals surface area (Å²) < 4.78 is 27.5. The maximum absolute atomic E-state index is 12.4.